The Morgan fingerprint density at radius 1 is 1.18 bits per heavy atom. The van der Waals surface area contributed by atoms with Gasteiger partial charge in [0.15, 0.2) is 0 Å². The SMILES string of the molecule is Cc1ccc(C)c2c(C(=O)O)cc(-c3cc(Cl)sc3Cl)nc12. The molecular weight excluding hydrogens is 341 g/mol. The summed E-state index contributed by atoms with van der Waals surface area (Å²) in [6.07, 6.45) is 0. The number of thiophene rings is 1. The lowest BCUT2D eigenvalue weighted by atomic mass is 9.99. The number of aromatic carboxylic acids is 1. The van der Waals surface area contributed by atoms with E-state index in [-0.39, 0.29) is 5.56 Å². The van der Waals surface area contributed by atoms with Crippen LogP contribution in [0.5, 0.6) is 0 Å². The smallest absolute Gasteiger partial charge is 0.336 e. The van der Waals surface area contributed by atoms with Crippen molar-refractivity contribution >= 4 is 51.4 Å². The van der Waals surface area contributed by atoms with Gasteiger partial charge in [0.1, 0.15) is 4.34 Å². The fourth-order valence-electron chi connectivity index (χ4n) is 2.46. The van der Waals surface area contributed by atoms with Gasteiger partial charge in [0.25, 0.3) is 0 Å². The van der Waals surface area contributed by atoms with E-state index in [1.54, 1.807) is 12.1 Å². The maximum absolute atomic E-state index is 11.7. The summed E-state index contributed by atoms with van der Waals surface area (Å²) in [5.74, 6) is -0.986. The van der Waals surface area contributed by atoms with E-state index in [2.05, 4.69) is 4.98 Å². The Labute approximate surface area is 141 Å². The Balaban J connectivity index is 2.42. The minimum Gasteiger partial charge on any atom is -0.478 e. The third-order valence-corrected chi connectivity index (χ3v) is 5.02. The van der Waals surface area contributed by atoms with Gasteiger partial charge in [0.05, 0.1) is 21.1 Å². The number of fused-ring (bicyclic) bond motifs is 1. The van der Waals surface area contributed by atoms with Crippen molar-refractivity contribution in [3.8, 4) is 11.3 Å². The Morgan fingerprint density at radius 2 is 1.86 bits per heavy atom. The van der Waals surface area contributed by atoms with E-state index in [9.17, 15) is 9.90 Å². The summed E-state index contributed by atoms with van der Waals surface area (Å²) in [6.45, 7) is 3.79. The van der Waals surface area contributed by atoms with Crippen molar-refractivity contribution in [1.29, 1.82) is 0 Å². The number of carbonyl (C=O) groups is 1. The number of aryl methyl sites for hydroxylation is 2. The third kappa shape index (κ3) is 2.47. The van der Waals surface area contributed by atoms with E-state index in [1.807, 2.05) is 26.0 Å². The Kier molecular flexibility index (Phi) is 3.85. The molecule has 0 saturated carbocycles. The highest BCUT2D eigenvalue weighted by Crippen LogP contribution is 2.39. The molecule has 0 bridgehead atoms. The van der Waals surface area contributed by atoms with Crippen LogP contribution in [0.1, 0.15) is 21.5 Å². The monoisotopic (exact) mass is 351 g/mol. The second-order valence-electron chi connectivity index (χ2n) is 5.02. The lowest BCUT2D eigenvalue weighted by Crippen LogP contribution is -2.02. The highest BCUT2D eigenvalue weighted by atomic mass is 35.5. The van der Waals surface area contributed by atoms with Crippen LogP contribution in [-0.4, -0.2) is 16.1 Å². The predicted molar refractivity (Wildman–Crippen MR) is 91.5 cm³/mol. The zero-order valence-electron chi connectivity index (χ0n) is 11.8. The van der Waals surface area contributed by atoms with Crippen molar-refractivity contribution in [2.45, 2.75) is 13.8 Å². The molecular formula is C16H11Cl2NO2S. The number of hydrogen-bond donors (Lipinski definition) is 1. The second kappa shape index (κ2) is 5.54. The molecule has 0 atom stereocenters. The minimum atomic E-state index is -0.986. The molecule has 0 aliphatic carbocycles. The molecule has 2 heterocycles. The highest BCUT2D eigenvalue weighted by Gasteiger charge is 2.18. The Hall–Kier alpha value is -1.62. The average molecular weight is 352 g/mol. The molecule has 0 spiro atoms. The topological polar surface area (TPSA) is 50.2 Å². The van der Waals surface area contributed by atoms with E-state index >= 15 is 0 Å². The lowest BCUT2D eigenvalue weighted by molar-refractivity contribution is 0.0699. The number of benzene rings is 1. The highest BCUT2D eigenvalue weighted by molar-refractivity contribution is 7.20. The van der Waals surface area contributed by atoms with E-state index in [1.165, 1.54) is 11.3 Å². The summed E-state index contributed by atoms with van der Waals surface area (Å²) in [6, 6.07) is 7.10. The number of hydrogen-bond acceptors (Lipinski definition) is 3. The van der Waals surface area contributed by atoms with Crippen molar-refractivity contribution in [2.75, 3.05) is 0 Å². The van der Waals surface area contributed by atoms with Gasteiger partial charge in [-0.3, -0.25) is 0 Å². The molecule has 2 aromatic heterocycles. The fraction of sp³-hybridized carbons (Fsp3) is 0.125. The van der Waals surface area contributed by atoms with Gasteiger partial charge in [0, 0.05) is 10.9 Å². The summed E-state index contributed by atoms with van der Waals surface area (Å²) in [4.78, 5) is 16.3. The molecule has 1 N–H and O–H groups in total. The van der Waals surface area contributed by atoms with Gasteiger partial charge in [-0.2, -0.15) is 0 Å². The van der Waals surface area contributed by atoms with E-state index in [4.69, 9.17) is 23.2 Å². The Bertz CT molecular complexity index is 918. The standard InChI is InChI=1S/C16H11Cl2NO2S/c1-7-3-4-8(2)14-13(7)10(16(20)21)5-11(19-14)9-6-12(17)22-15(9)18/h3-6H,1-2H3,(H,20,21). The van der Waals surface area contributed by atoms with Crippen LogP contribution in [0.2, 0.25) is 8.67 Å². The molecule has 0 amide bonds. The predicted octanol–water partition coefficient (Wildman–Crippen LogP) is 5.59. The maximum Gasteiger partial charge on any atom is 0.336 e. The first-order valence-electron chi connectivity index (χ1n) is 6.48. The lowest BCUT2D eigenvalue weighted by Gasteiger charge is -2.11. The first-order chi connectivity index (χ1) is 10.4. The summed E-state index contributed by atoms with van der Waals surface area (Å²) in [5.41, 5.74) is 3.87. The van der Waals surface area contributed by atoms with Crippen LogP contribution in [0.15, 0.2) is 24.3 Å². The molecule has 22 heavy (non-hydrogen) atoms. The van der Waals surface area contributed by atoms with Crippen molar-refractivity contribution < 1.29 is 9.90 Å². The van der Waals surface area contributed by atoms with Gasteiger partial charge in [0.2, 0.25) is 0 Å². The van der Waals surface area contributed by atoms with Crippen LogP contribution in [-0.2, 0) is 0 Å². The van der Waals surface area contributed by atoms with Crippen molar-refractivity contribution in [3.63, 3.8) is 0 Å². The third-order valence-electron chi connectivity index (χ3n) is 3.53. The molecule has 0 saturated heterocycles. The molecule has 6 heteroatoms. The number of halogens is 2. The van der Waals surface area contributed by atoms with Crippen molar-refractivity contribution in [3.05, 3.63) is 49.6 Å². The molecule has 3 aromatic rings. The molecule has 0 aliphatic rings. The van der Waals surface area contributed by atoms with Gasteiger partial charge in [-0.05, 0) is 37.1 Å². The van der Waals surface area contributed by atoms with Crippen LogP contribution >= 0.6 is 34.5 Å². The minimum absolute atomic E-state index is 0.222. The summed E-state index contributed by atoms with van der Waals surface area (Å²) in [5, 5.41) is 10.2. The van der Waals surface area contributed by atoms with Crippen molar-refractivity contribution in [2.24, 2.45) is 0 Å². The molecule has 1 aromatic carbocycles. The largest absolute Gasteiger partial charge is 0.478 e. The normalized spacial score (nSPS) is 11.1. The quantitative estimate of drug-likeness (QED) is 0.654. The summed E-state index contributed by atoms with van der Waals surface area (Å²) in [7, 11) is 0. The first kappa shape index (κ1) is 15.3. The van der Waals surface area contributed by atoms with Gasteiger partial charge >= 0.3 is 5.97 Å². The van der Waals surface area contributed by atoms with Crippen LogP contribution in [0.25, 0.3) is 22.2 Å². The number of carboxylic acids is 1. The number of aromatic nitrogens is 1. The zero-order chi connectivity index (χ0) is 16.0. The van der Waals surface area contributed by atoms with Gasteiger partial charge in [-0.15, -0.1) is 11.3 Å². The molecule has 3 rings (SSSR count). The summed E-state index contributed by atoms with van der Waals surface area (Å²) >= 11 is 13.4. The molecule has 3 nitrogen and oxygen atoms in total. The molecule has 0 unspecified atom stereocenters. The zero-order valence-corrected chi connectivity index (χ0v) is 14.1. The van der Waals surface area contributed by atoms with Crippen LogP contribution in [0, 0.1) is 13.8 Å². The molecule has 0 radical (unpaired) electrons. The average Bonchev–Trinajstić information content (AvgIpc) is 2.80. The number of nitrogens with zero attached hydrogens (tertiary/aromatic N) is 1. The summed E-state index contributed by atoms with van der Waals surface area (Å²) < 4.78 is 1.04. The van der Waals surface area contributed by atoms with Gasteiger partial charge < -0.3 is 5.11 Å². The van der Waals surface area contributed by atoms with Gasteiger partial charge in [-0.25, -0.2) is 9.78 Å². The van der Waals surface area contributed by atoms with Gasteiger partial charge in [-0.1, -0.05) is 35.3 Å². The fourth-order valence-corrected chi connectivity index (χ4v) is 3.94. The maximum atomic E-state index is 11.7. The number of rotatable bonds is 2. The molecule has 0 fully saturated rings. The Morgan fingerprint density at radius 3 is 2.45 bits per heavy atom. The van der Waals surface area contributed by atoms with Crippen LogP contribution in [0.3, 0.4) is 0 Å². The van der Waals surface area contributed by atoms with Crippen LogP contribution < -0.4 is 0 Å². The van der Waals surface area contributed by atoms with E-state index in [0.29, 0.717) is 30.8 Å². The number of carboxylic acid groups (broad SMARTS) is 1. The molecule has 0 aliphatic heterocycles. The number of pyridine rings is 1. The van der Waals surface area contributed by atoms with E-state index in [0.717, 1.165) is 11.1 Å². The van der Waals surface area contributed by atoms with Crippen LogP contribution in [0.4, 0.5) is 0 Å². The van der Waals surface area contributed by atoms with Crippen molar-refractivity contribution in [1.82, 2.24) is 4.98 Å². The van der Waals surface area contributed by atoms with E-state index < -0.39 is 5.97 Å². The first-order valence-corrected chi connectivity index (χ1v) is 8.05. The second-order valence-corrected chi connectivity index (χ2v) is 7.31. The molecule has 112 valence electrons.